The quantitative estimate of drug-likeness (QED) is 0.474. The van der Waals surface area contributed by atoms with E-state index in [1.807, 2.05) is 0 Å². The van der Waals surface area contributed by atoms with Gasteiger partial charge in [0.1, 0.15) is 5.02 Å². The third-order valence-corrected chi connectivity index (χ3v) is 4.19. The molecule has 8 nitrogen and oxygen atoms in total. The van der Waals surface area contributed by atoms with E-state index in [9.17, 15) is 28.1 Å². The number of hydrogen-bond acceptors (Lipinski definition) is 6. The zero-order chi connectivity index (χ0) is 18.8. The van der Waals surface area contributed by atoms with E-state index in [2.05, 4.69) is 15.5 Å². The Kier molecular flexibility index (Phi) is 5.52. The Labute approximate surface area is 147 Å². The highest BCUT2D eigenvalue weighted by atomic mass is 35.5. The van der Waals surface area contributed by atoms with Gasteiger partial charge in [0, 0.05) is 18.8 Å². The Hall–Kier alpha value is -2.34. The largest absolute Gasteiger partial charge is 0.451 e. The number of thioether (sulfide) groups is 1. The molecule has 25 heavy (non-hydrogen) atoms. The average Bonchev–Trinajstić information content (AvgIpc) is 2.88. The summed E-state index contributed by atoms with van der Waals surface area (Å²) in [5.74, 6) is -2.03. The molecule has 0 bridgehead atoms. The molecule has 1 aromatic heterocycles. The first kappa shape index (κ1) is 19.0. The van der Waals surface area contributed by atoms with Gasteiger partial charge < -0.3 is 9.88 Å². The Bertz CT molecular complexity index is 827. The second-order valence-electron chi connectivity index (χ2n) is 4.62. The summed E-state index contributed by atoms with van der Waals surface area (Å²) in [6.45, 7) is 0. The molecule has 0 saturated carbocycles. The number of rotatable bonds is 5. The third-order valence-electron chi connectivity index (χ3n) is 2.85. The Morgan fingerprint density at radius 3 is 2.68 bits per heavy atom. The number of halogens is 4. The maximum absolute atomic E-state index is 12.6. The molecule has 2 rings (SSSR count). The molecule has 1 aromatic carbocycles. The van der Waals surface area contributed by atoms with Crippen molar-refractivity contribution in [3.05, 3.63) is 39.2 Å². The van der Waals surface area contributed by atoms with Crippen molar-refractivity contribution in [2.75, 3.05) is 11.1 Å². The van der Waals surface area contributed by atoms with Gasteiger partial charge in [-0.2, -0.15) is 13.2 Å². The van der Waals surface area contributed by atoms with E-state index in [0.717, 1.165) is 29.4 Å². The predicted octanol–water partition coefficient (Wildman–Crippen LogP) is 3.13. The van der Waals surface area contributed by atoms with Crippen LogP contribution in [0.5, 0.6) is 0 Å². The second-order valence-corrected chi connectivity index (χ2v) is 5.97. The van der Waals surface area contributed by atoms with Crippen molar-refractivity contribution in [1.82, 2.24) is 14.8 Å². The summed E-state index contributed by atoms with van der Waals surface area (Å²) in [5, 5.41) is 19.4. The highest BCUT2D eigenvalue weighted by molar-refractivity contribution is 7.99. The fraction of sp³-hybridized carbons (Fsp3) is 0.250. The Morgan fingerprint density at radius 2 is 2.12 bits per heavy atom. The molecule has 0 radical (unpaired) electrons. The molecule has 0 aliphatic rings. The number of nitro groups is 1. The monoisotopic (exact) mass is 395 g/mol. The first-order chi connectivity index (χ1) is 11.6. The first-order valence-electron chi connectivity index (χ1n) is 6.42. The molecule has 1 N–H and O–H groups in total. The lowest BCUT2D eigenvalue weighted by Crippen LogP contribution is -2.15. The summed E-state index contributed by atoms with van der Waals surface area (Å²) in [6, 6.07) is 3.69. The zero-order valence-electron chi connectivity index (χ0n) is 12.4. The van der Waals surface area contributed by atoms with Crippen LogP contribution >= 0.6 is 23.4 Å². The number of aromatic nitrogens is 3. The van der Waals surface area contributed by atoms with Crippen LogP contribution in [-0.2, 0) is 18.0 Å². The van der Waals surface area contributed by atoms with Crippen molar-refractivity contribution < 1.29 is 22.9 Å². The molecule has 13 heteroatoms. The maximum atomic E-state index is 12.6. The van der Waals surface area contributed by atoms with Gasteiger partial charge in [-0.1, -0.05) is 23.4 Å². The van der Waals surface area contributed by atoms with E-state index in [1.54, 1.807) is 0 Å². The standard InChI is InChI=1S/C12H9ClF3N5O3S/c1-20-10(12(14,15)16)18-19-11(20)25-5-9(22)17-6-2-3-7(13)8(4-6)21(23)24/h2-4H,5H2,1H3,(H,17,22). The fourth-order valence-electron chi connectivity index (χ4n) is 1.74. The van der Waals surface area contributed by atoms with Crippen molar-refractivity contribution in [3.63, 3.8) is 0 Å². The number of anilines is 1. The van der Waals surface area contributed by atoms with Crippen molar-refractivity contribution >= 4 is 40.6 Å². The number of benzene rings is 1. The van der Waals surface area contributed by atoms with Gasteiger partial charge in [0.15, 0.2) is 5.16 Å². The molecule has 0 aliphatic carbocycles. The number of alkyl halides is 3. The van der Waals surface area contributed by atoms with E-state index in [0.29, 0.717) is 0 Å². The van der Waals surface area contributed by atoms with Gasteiger partial charge in [-0.3, -0.25) is 14.9 Å². The summed E-state index contributed by atoms with van der Waals surface area (Å²) < 4.78 is 38.5. The van der Waals surface area contributed by atoms with Crippen molar-refractivity contribution in [2.45, 2.75) is 11.3 Å². The molecule has 0 saturated heterocycles. The zero-order valence-corrected chi connectivity index (χ0v) is 13.9. The van der Waals surface area contributed by atoms with Gasteiger partial charge in [-0.15, -0.1) is 10.2 Å². The van der Waals surface area contributed by atoms with Crippen LogP contribution in [0.15, 0.2) is 23.4 Å². The minimum atomic E-state index is -4.65. The molecule has 0 atom stereocenters. The van der Waals surface area contributed by atoms with Gasteiger partial charge in [0.2, 0.25) is 11.7 Å². The van der Waals surface area contributed by atoms with Gasteiger partial charge in [-0.05, 0) is 12.1 Å². The summed E-state index contributed by atoms with van der Waals surface area (Å²) in [7, 11) is 1.13. The molecule has 2 aromatic rings. The maximum Gasteiger partial charge on any atom is 0.451 e. The summed E-state index contributed by atoms with van der Waals surface area (Å²) in [6.07, 6.45) is -4.65. The summed E-state index contributed by atoms with van der Waals surface area (Å²) in [4.78, 5) is 21.9. The molecule has 0 fully saturated rings. The number of nitro benzene ring substituents is 1. The Morgan fingerprint density at radius 1 is 1.44 bits per heavy atom. The van der Waals surface area contributed by atoms with Gasteiger partial charge in [-0.25, -0.2) is 0 Å². The smallest absolute Gasteiger partial charge is 0.325 e. The summed E-state index contributed by atoms with van der Waals surface area (Å²) in [5.41, 5.74) is -0.245. The first-order valence-corrected chi connectivity index (χ1v) is 7.79. The lowest BCUT2D eigenvalue weighted by Gasteiger charge is -2.07. The molecule has 134 valence electrons. The molecule has 1 amide bonds. The number of nitrogens with zero attached hydrogens (tertiary/aromatic N) is 4. The predicted molar refractivity (Wildman–Crippen MR) is 83.5 cm³/mol. The van der Waals surface area contributed by atoms with Crippen LogP contribution in [0.25, 0.3) is 0 Å². The normalized spacial score (nSPS) is 11.4. The van der Waals surface area contributed by atoms with Crippen LogP contribution in [0.3, 0.4) is 0 Å². The lowest BCUT2D eigenvalue weighted by molar-refractivity contribution is -0.384. The number of nitrogens with one attached hydrogen (secondary N) is 1. The average molecular weight is 396 g/mol. The van der Waals surface area contributed by atoms with Crippen molar-refractivity contribution in [1.29, 1.82) is 0 Å². The van der Waals surface area contributed by atoms with Crippen molar-refractivity contribution in [2.24, 2.45) is 7.05 Å². The van der Waals surface area contributed by atoms with Crippen LogP contribution in [-0.4, -0.2) is 31.3 Å². The lowest BCUT2D eigenvalue weighted by atomic mass is 10.3. The third kappa shape index (κ3) is 4.60. The van der Waals surface area contributed by atoms with Gasteiger partial charge in [0.25, 0.3) is 5.69 Å². The minimum absolute atomic E-state index is 0.0869. The van der Waals surface area contributed by atoms with Gasteiger partial charge in [0.05, 0.1) is 10.7 Å². The molecule has 0 spiro atoms. The van der Waals surface area contributed by atoms with Crippen LogP contribution in [0.2, 0.25) is 5.02 Å². The number of amides is 1. The minimum Gasteiger partial charge on any atom is -0.325 e. The topological polar surface area (TPSA) is 103 Å². The second kappa shape index (κ2) is 7.27. The summed E-state index contributed by atoms with van der Waals surface area (Å²) >= 11 is 6.40. The highest BCUT2D eigenvalue weighted by Gasteiger charge is 2.37. The molecule has 1 heterocycles. The number of carbonyl (C=O) groups excluding carboxylic acids is 1. The van der Waals surface area contributed by atoms with E-state index >= 15 is 0 Å². The molecule has 0 aliphatic heterocycles. The molecular formula is C12H9ClF3N5O3S. The van der Waals surface area contributed by atoms with Crippen LogP contribution in [0, 0.1) is 10.1 Å². The number of hydrogen-bond donors (Lipinski definition) is 1. The van der Waals surface area contributed by atoms with Crippen LogP contribution in [0.4, 0.5) is 24.5 Å². The Balaban J connectivity index is 2.01. The van der Waals surface area contributed by atoms with E-state index in [1.165, 1.54) is 12.1 Å². The van der Waals surface area contributed by atoms with Crippen LogP contribution in [0.1, 0.15) is 5.82 Å². The highest BCUT2D eigenvalue weighted by Crippen LogP contribution is 2.30. The van der Waals surface area contributed by atoms with Crippen molar-refractivity contribution in [3.8, 4) is 0 Å². The molecule has 0 unspecified atom stereocenters. The van der Waals surface area contributed by atoms with E-state index in [-0.39, 0.29) is 27.3 Å². The van der Waals surface area contributed by atoms with Crippen LogP contribution < -0.4 is 5.32 Å². The number of carbonyl (C=O) groups is 1. The van der Waals surface area contributed by atoms with E-state index in [4.69, 9.17) is 11.6 Å². The molecular weight excluding hydrogens is 387 g/mol. The van der Waals surface area contributed by atoms with E-state index < -0.39 is 22.8 Å². The van der Waals surface area contributed by atoms with Gasteiger partial charge >= 0.3 is 6.18 Å². The SMILES string of the molecule is Cn1c(SCC(=O)Nc2ccc(Cl)c([N+](=O)[O-])c2)nnc1C(F)(F)F. The fourth-order valence-corrected chi connectivity index (χ4v) is 2.64.